The van der Waals surface area contributed by atoms with E-state index in [9.17, 15) is 14.7 Å². The van der Waals surface area contributed by atoms with Crippen LogP contribution in [0.1, 0.15) is 66.7 Å². The van der Waals surface area contributed by atoms with Crippen molar-refractivity contribution in [3.05, 3.63) is 0 Å². The molecule has 1 N–H and O–H groups in total. The normalized spacial score (nSPS) is 26.2. The molecule has 122 valence electrons. The fourth-order valence-electron chi connectivity index (χ4n) is 3.41. The monoisotopic (exact) mass is 299 g/mol. The fraction of sp³-hybridized carbons (Fsp3) is 0.875. The van der Waals surface area contributed by atoms with Crippen LogP contribution in [0, 0.1) is 5.92 Å². The standard InChI is InChI=1S/C16H29NO4/c1-6-12-10-8-9-11-16(12,13(18)19)17(7-2)14(20)21-15(3,4)5/h12H,6-11H2,1-5H3,(H,18,19). The molecule has 0 saturated heterocycles. The number of hydrogen-bond acceptors (Lipinski definition) is 3. The maximum absolute atomic E-state index is 12.5. The summed E-state index contributed by atoms with van der Waals surface area (Å²) >= 11 is 0. The number of rotatable bonds is 4. The minimum Gasteiger partial charge on any atom is -0.479 e. The smallest absolute Gasteiger partial charge is 0.411 e. The molecule has 1 aliphatic rings. The Bertz CT molecular complexity index is 388. The van der Waals surface area contributed by atoms with Crippen LogP contribution in [0.5, 0.6) is 0 Å². The minimum atomic E-state index is -1.12. The Hall–Kier alpha value is -1.26. The third kappa shape index (κ3) is 3.69. The summed E-state index contributed by atoms with van der Waals surface area (Å²) in [5.41, 5.74) is -1.75. The molecule has 0 heterocycles. The lowest BCUT2D eigenvalue weighted by molar-refractivity contribution is -0.158. The van der Waals surface area contributed by atoms with E-state index in [0.29, 0.717) is 13.0 Å². The summed E-state index contributed by atoms with van der Waals surface area (Å²) in [6.07, 6.45) is 3.45. The lowest BCUT2D eigenvalue weighted by Gasteiger charge is -2.47. The number of hydrogen-bond donors (Lipinski definition) is 1. The molecular formula is C16H29NO4. The van der Waals surface area contributed by atoms with Crippen LogP contribution in [0.4, 0.5) is 4.79 Å². The van der Waals surface area contributed by atoms with Crippen molar-refractivity contribution in [2.45, 2.75) is 77.9 Å². The van der Waals surface area contributed by atoms with Crippen molar-refractivity contribution < 1.29 is 19.4 Å². The molecule has 2 atom stereocenters. The van der Waals surface area contributed by atoms with Crippen molar-refractivity contribution in [2.24, 2.45) is 5.92 Å². The summed E-state index contributed by atoms with van der Waals surface area (Å²) in [6.45, 7) is 9.54. The van der Waals surface area contributed by atoms with Gasteiger partial charge in [-0.05, 0) is 46.5 Å². The maximum Gasteiger partial charge on any atom is 0.411 e. The zero-order valence-electron chi connectivity index (χ0n) is 13.9. The van der Waals surface area contributed by atoms with Gasteiger partial charge in [-0.15, -0.1) is 0 Å². The summed E-state index contributed by atoms with van der Waals surface area (Å²) in [4.78, 5) is 26.0. The lowest BCUT2D eigenvalue weighted by atomic mass is 9.70. The van der Waals surface area contributed by atoms with E-state index in [1.807, 2.05) is 13.8 Å². The highest BCUT2D eigenvalue weighted by atomic mass is 16.6. The fourth-order valence-corrected chi connectivity index (χ4v) is 3.41. The summed E-state index contributed by atoms with van der Waals surface area (Å²) in [7, 11) is 0. The first-order valence-corrected chi connectivity index (χ1v) is 7.93. The second kappa shape index (κ2) is 6.67. The van der Waals surface area contributed by atoms with Crippen molar-refractivity contribution in [1.82, 2.24) is 4.90 Å². The van der Waals surface area contributed by atoms with Gasteiger partial charge in [0, 0.05) is 6.54 Å². The number of amides is 1. The summed E-state index contributed by atoms with van der Waals surface area (Å²) < 4.78 is 5.44. The molecule has 1 saturated carbocycles. The van der Waals surface area contributed by atoms with Gasteiger partial charge < -0.3 is 9.84 Å². The Morgan fingerprint density at radius 2 is 1.90 bits per heavy atom. The summed E-state index contributed by atoms with van der Waals surface area (Å²) in [5, 5.41) is 9.89. The van der Waals surface area contributed by atoms with Gasteiger partial charge in [0.25, 0.3) is 0 Å². The van der Waals surface area contributed by atoms with Crippen molar-refractivity contribution in [2.75, 3.05) is 6.54 Å². The molecule has 5 heteroatoms. The van der Waals surface area contributed by atoms with E-state index in [-0.39, 0.29) is 5.92 Å². The second-order valence-corrected chi connectivity index (χ2v) is 6.80. The Morgan fingerprint density at radius 1 is 1.29 bits per heavy atom. The van der Waals surface area contributed by atoms with Crippen LogP contribution in [0.15, 0.2) is 0 Å². The molecule has 1 amide bonds. The topological polar surface area (TPSA) is 66.8 Å². The van der Waals surface area contributed by atoms with Gasteiger partial charge in [-0.25, -0.2) is 9.59 Å². The second-order valence-electron chi connectivity index (χ2n) is 6.80. The Labute approximate surface area is 127 Å². The van der Waals surface area contributed by atoms with Crippen LogP contribution in [0.3, 0.4) is 0 Å². The van der Waals surface area contributed by atoms with E-state index >= 15 is 0 Å². The van der Waals surface area contributed by atoms with Crippen LogP contribution >= 0.6 is 0 Å². The van der Waals surface area contributed by atoms with Crippen molar-refractivity contribution >= 4 is 12.1 Å². The van der Waals surface area contributed by atoms with Gasteiger partial charge >= 0.3 is 12.1 Å². The largest absolute Gasteiger partial charge is 0.479 e. The molecular weight excluding hydrogens is 270 g/mol. The van der Waals surface area contributed by atoms with E-state index in [1.165, 1.54) is 4.90 Å². The van der Waals surface area contributed by atoms with Gasteiger partial charge in [-0.2, -0.15) is 0 Å². The predicted molar refractivity (Wildman–Crippen MR) is 81.2 cm³/mol. The minimum absolute atomic E-state index is 0.0174. The van der Waals surface area contributed by atoms with Crippen LogP contribution < -0.4 is 0 Å². The number of aliphatic carboxylic acids is 1. The number of nitrogens with zero attached hydrogens (tertiary/aromatic N) is 1. The van der Waals surface area contributed by atoms with E-state index in [4.69, 9.17) is 4.74 Å². The molecule has 1 fully saturated rings. The molecule has 1 rings (SSSR count). The van der Waals surface area contributed by atoms with Crippen molar-refractivity contribution in [1.29, 1.82) is 0 Å². The molecule has 0 aromatic carbocycles. The van der Waals surface area contributed by atoms with Gasteiger partial charge in [0.2, 0.25) is 0 Å². The van der Waals surface area contributed by atoms with Crippen molar-refractivity contribution in [3.63, 3.8) is 0 Å². The SMILES string of the molecule is CCC1CCCCC1(C(=O)O)N(CC)C(=O)OC(C)(C)C. The van der Waals surface area contributed by atoms with Crippen LogP contribution in [0.25, 0.3) is 0 Å². The number of carboxylic acids is 1. The lowest BCUT2D eigenvalue weighted by Crippen LogP contribution is -2.63. The quantitative estimate of drug-likeness (QED) is 0.860. The van der Waals surface area contributed by atoms with E-state index in [1.54, 1.807) is 20.8 Å². The average Bonchev–Trinajstić information content (AvgIpc) is 2.37. The van der Waals surface area contributed by atoms with Gasteiger partial charge in [0.15, 0.2) is 0 Å². The van der Waals surface area contributed by atoms with Crippen molar-refractivity contribution in [3.8, 4) is 0 Å². The molecule has 2 unspecified atom stereocenters. The first kappa shape index (κ1) is 17.8. The summed E-state index contributed by atoms with van der Waals surface area (Å²) in [5.74, 6) is -0.919. The van der Waals surface area contributed by atoms with E-state index in [0.717, 1.165) is 25.7 Å². The molecule has 0 spiro atoms. The number of carbonyl (C=O) groups excluding carboxylic acids is 1. The summed E-state index contributed by atoms with van der Waals surface area (Å²) in [6, 6.07) is 0. The highest BCUT2D eigenvalue weighted by Gasteiger charge is 2.53. The van der Waals surface area contributed by atoms with Gasteiger partial charge in [0.1, 0.15) is 11.1 Å². The van der Waals surface area contributed by atoms with Gasteiger partial charge in [-0.3, -0.25) is 4.90 Å². The van der Waals surface area contributed by atoms with Crippen LogP contribution in [0.2, 0.25) is 0 Å². The molecule has 0 aliphatic heterocycles. The Balaban J connectivity index is 3.16. The number of carboxylic acid groups (broad SMARTS) is 1. The zero-order valence-corrected chi connectivity index (χ0v) is 13.9. The Kier molecular flexibility index (Phi) is 5.65. The zero-order chi connectivity index (χ0) is 16.3. The Morgan fingerprint density at radius 3 is 2.33 bits per heavy atom. The first-order valence-electron chi connectivity index (χ1n) is 7.93. The van der Waals surface area contributed by atoms with Gasteiger partial charge in [-0.1, -0.05) is 26.2 Å². The van der Waals surface area contributed by atoms with Crippen LogP contribution in [-0.2, 0) is 9.53 Å². The first-order chi connectivity index (χ1) is 9.69. The molecule has 5 nitrogen and oxygen atoms in total. The van der Waals surface area contributed by atoms with Crippen LogP contribution in [-0.4, -0.2) is 39.8 Å². The van der Waals surface area contributed by atoms with E-state index < -0.39 is 23.2 Å². The maximum atomic E-state index is 12.5. The highest BCUT2D eigenvalue weighted by molar-refractivity contribution is 5.85. The average molecular weight is 299 g/mol. The molecule has 0 aromatic heterocycles. The number of ether oxygens (including phenoxy) is 1. The van der Waals surface area contributed by atoms with Gasteiger partial charge in [0.05, 0.1) is 0 Å². The molecule has 0 bridgehead atoms. The molecule has 0 aromatic rings. The third-order valence-corrected chi connectivity index (χ3v) is 4.31. The van der Waals surface area contributed by atoms with E-state index in [2.05, 4.69) is 0 Å². The number of likely N-dealkylation sites (N-methyl/N-ethyl adjacent to an activating group) is 1. The highest BCUT2D eigenvalue weighted by Crippen LogP contribution is 2.41. The number of carbonyl (C=O) groups is 2. The predicted octanol–water partition coefficient (Wildman–Crippen LogP) is 3.67. The molecule has 0 radical (unpaired) electrons. The third-order valence-electron chi connectivity index (χ3n) is 4.31. The molecule has 21 heavy (non-hydrogen) atoms. The molecule has 1 aliphatic carbocycles.